The zero-order valence-corrected chi connectivity index (χ0v) is 7.78. The lowest BCUT2D eigenvalue weighted by atomic mass is 10.0. The van der Waals surface area contributed by atoms with Gasteiger partial charge in [-0.15, -0.1) is 11.6 Å². The third kappa shape index (κ3) is 2.23. The number of halogens is 1. The Morgan fingerprint density at radius 2 is 2.00 bits per heavy atom. The van der Waals surface area contributed by atoms with E-state index in [0.717, 1.165) is 6.42 Å². The van der Waals surface area contributed by atoms with Crippen LogP contribution in [0.15, 0.2) is 18.2 Å². The Kier molecular flexibility index (Phi) is 2.95. The van der Waals surface area contributed by atoms with E-state index < -0.39 is 0 Å². The fourth-order valence-electron chi connectivity index (χ4n) is 1.23. The summed E-state index contributed by atoms with van der Waals surface area (Å²) in [6, 6.07) is 6.49. The highest BCUT2D eigenvalue weighted by molar-refractivity contribution is 6.18. The maximum Gasteiger partial charge on any atom is 0.0264 e. The molecule has 0 bridgehead atoms. The predicted octanol–water partition coefficient (Wildman–Crippen LogP) is 3.08. The molecule has 11 heavy (non-hydrogen) atoms. The number of benzene rings is 1. The normalized spacial score (nSPS) is 10.1. The van der Waals surface area contributed by atoms with Gasteiger partial charge in [-0.1, -0.05) is 23.8 Å². The van der Waals surface area contributed by atoms with E-state index in [2.05, 4.69) is 32.0 Å². The predicted molar refractivity (Wildman–Crippen MR) is 50.3 cm³/mol. The van der Waals surface area contributed by atoms with E-state index in [9.17, 15) is 0 Å². The molecule has 0 spiro atoms. The van der Waals surface area contributed by atoms with Crippen LogP contribution in [0.25, 0.3) is 0 Å². The molecule has 60 valence electrons. The van der Waals surface area contributed by atoms with Gasteiger partial charge in [-0.3, -0.25) is 0 Å². The first-order chi connectivity index (χ1) is 5.24. The molecular formula is C10H13Cl. The van der Waals surface area contributed by atoms with E-state index in [1.54, 1.807) is 0 Å². The van der Waals surface area contributed by atoms with Crippen molar-refractivity contribution in [3.63, 3.8) is 0 Å². The standard InChI is InChI=1S/C10H13Cl/c1-8-3-4-10(5-6-11)9(2)7-8/h3-4,7H,5-6H2,1-2H3. The van der Waals surface area contributed by atoms with Crippen LogP contribution in [0, 0.1) is 13.8 Å². The molecule has 0 aliphatic heterocycles. The lowest BCUT2D eigenvalue weighted by molar-refractivity contribution is 1.11. The topological polar surface area (TPSA) is 0 Å². The van der Waals surface area contributed by atoms with Gasteiger partial charge in [-0.2, -0.15) is 0 Å². The Hall–Kier alpha value is -0.490. The lowest BCUT2D eigenvalue weighted by Crippen LogP contribution is -1.90. The SMILES string of the molecule is Cc1ccc(CCCl)c(C)c1. The first kappa shape index (κ1) is 8.61. The maximum absolute atomic E-state index is 5.65. The third-order valence-electron chi connectivity index (χ3n) is 1.86. The minimum absolute atomic E-state index is 0.712. The molecule has 1 rings (SSSR count). The minimum atomic E-state index is 0.712. The molecule has 0 saturated heterocycles. The molecule has 0 aromatic heterocycles. The van der Waals surface area contributed by atoms with E-state index >= 15 is 0 Å². The molecule has 0 saturated carbocycles. The van der Waals surface area contributed by atoms with Crippen LogP contribution in [0.2, 0.25) is 0 Å². The van der Waals surface area contributed by atoms with Gasteiger partial charge in [0.2, 0.25) is 0 Å². The number of alkyl halides is 1. The second-order valence-corrected chi connectivity index (χ2v) is 3.25. The van der Waals surface area contributed by atoms with Gasteiger partial charge in [-0.25, -0.2) is 0 Å². The Balaban J connectivity index is 2.90. The molecule has 0 aliphatic rings. The van der Waals surface area contributed by atoms with Gasteiger partial charge in [0.25, 0.3) is 0 Å². The molecule has 0 aliphatic carbocycles. The molecular weight excluding hydrogens is 156 g/mol. The largest absolute Gasteiger partial charge is 0.126 e. The lowest BCUT2D eigenvalue weighted by Gasteiger charge is -2.03. The second-order valence-electron chi connectivity index (χ2n) is 2.87. The average molecular weight is 169 g/mol. The van der Waals surface area contributed by atoms with E-state index in [0.29, 0.717) is 5.88 Å². The van der Waals surface area contributed by atoms with Crippen LogP contribution < -0.4 is 0 Å². The molecule has 0 unspecified atom stereocenters. The molecule has 1 heteroatoms. The summed E-state index contributed by atoms with van der Waals surface area (Å²) in [5.41, 5.74) is 4.04. The smallest absolute Gasteiger partial charge is 0.0264 e. The highest BCUT2D eigenvalue weighted by atomic mass is 35.5. The molecule has 0 heterocycles. The minimum Gasteiger partial charge on any atom is -0.126 e. The summed E-state index contributed by atoms with van der Waals surface area (Å²) in [5.74, 6) is 0.712. The first-order valence-corrected chi connectivity index (χ1v) is 4.39. The van der Waals surface area contributed by atoms with Gasteiger partial charge in [0.15, 0.2) is 0 Å². The van der Waals surface area contributed by atoms with Gasteiger partial charge in [0.05, 0.1) is 0 Å². The van der Waals surface area contributed by atoms with E-state index in [-0.39, 0.29) is 0 Å². The zero-order valence-electron chi connectivity index (χ0n) is 7.02. The van der Waals surface area contributed by atoms with Crippen LogP contribution in [0.4, 0.5) is 0 Å². The summed E-state index contributed by atoms with van der Waals surface area (Å²) in [6.07, 6.45) is 0.980. The van der Waals surface area contributed by atoms with Crippen molar-refractivity contribution in [2.45, 2.75) is 20.3 Å². The molecule has 0 N–H and O–H groups in total. The van der Waals surface area contributed by atoms with Crippen LogP contribution in [0.1, 0.15) is 16.7 Å². The Morgan fingerprint density at radius 3 is 2.55 bits per heavy atom. The fraction of sp³-hybridized carbons (Fsp3) is 0.400. The third-order valence-corrected chi connectivity index (χ3v) is 2.05. The number of hydrogen-bond acceptors (Lipinski definition) is 0. The molecule has 1 aromatic rings. The highest BCUT2D eigenvalue weighted by Crippen LogP contribution is 2.11. The highest BCUT2D eigenvalue weighted by Gasteiger charge is 1.96. The number of hydrogen-bond donors (Lipinski definition) is 0. The van der Waals surface area contributed by atoms with E-state index in [1.165, 1.54) is 16.7 Å². The van der Waals surface area contributed by atoms with Crippen molar-refractivity contribution in [1.82, 2.24) is 0 Å². The maximum atomic E-state index is 5.65. The summed E-state index contributed by atoms with van der Waals surface area (Å²) < 4.78 is 0. The molecule has 1 aromatic carbocycles. The summed E-state index contributed by atoms with van der Waals surface area (Å²) in [5, 5.41) is 0. The summed E-state index contributed by atoms with van der Waals surface area (Å²) in [4.78, 5) is 0. The zero-order chi connectivity index (χ0) is 8.27. The fourth-order valence-corrected chi connectivity index (χ4v) is 1.43. The van der Waals surface area contributed by atoms with Crippen molar-refractivity contribution in [2.24, 2.45) is 0 Å². The molecule has 0 atom stereocenters. The first-order valence-electron chi connectivity index (χ1n) is 3.86. The van der Waals surface area contributed by atoms with Crippen LogP contribution in [-0.4, -0.2) is 5.88 Å². The summed E-state index contributed by atoms with van der Waals surface area (Å²) in [6.45, 7) is 4.24. The summed E-state index contributed by atoms with van der Waals surface area (Å²) >= 11 is 5.65. The Morgan fingerprint density at radius 1 is 1.27 bits per heavy atom. The van der Waals surface area contributed by atoms with Crippen molar-refractivity contribution in [3.05, 3.63) is 34.9 Å². The number of aryl methyl sites for hydroxylation is 3. The van der Waals surface area contributed by atoms with Gasteiger partial charge >= 0.3 is 0 Å². The van der Waals surface area contributed by atoms with Crippen LogP contribution in [0.3, 0.4) is 0 Å². The molecule has 0 radical (unpaired) electrons. The van der Waals surface area contributed by atoms with Crippen molar-refractivity contribution in [2.75, 3.05) is 5.88 Å². The van der Waals surface area contributed by atoms with E-state index in [1.807, 2.05) is 0 Å². The van der Waals surface area contributed by atoms with Gasteiger partial charge in [0.1, 0.15) is 0 Å². The molecule has 0 amide bonds. The Bertz CT molecular complexity index is 241. The second kappa shape index (κ2) is 3.77. The van der Waals surface area contributed by atoms with Gasteiger partial charge in [-0.05, 0) is 31.4 Å². The molecule has 0 nitrogen and oxygen atoms in total. The van der Waals surface area contributed by atoms with Crippen molar-refractivity contribution < 1.29 is 0 Å². The summed E-state index contributed by atoms with van der Waals surface area (Å²) in [7, 11) is 0. The quantitative estimate of drug-likeness (QED) is 0.596. The average Bonchev–Trinajstić information content (AvgIpc) is 1.95. The number of rotatable bonds is 2. The van der Waals surface area contributed by atoms with Crippen LogP contribution >= 0.6 is 11.6 Å². The van der Waals surface area contributed by atoms with Crippen molar-refractivity contribution >= 4 is 11.6 Å². The van der Waals surface area contributed by atoms with Gasteiger partial charge < -0.3 is 0 Å². The monoisotopic (exact) mass is 168 g/mol. The van der Waals surface area contributed by atoms with Crippen molar-refractivity contribution in [1.29, 1.82) is 0 Å². The molecule has 0 fully saturated rings. The van der Waals surface area contributed by atoms with Crippen LogP contribution in [0.5, 0.6) is 0 Å². The van der Waals surface area contributed by atoms with E-state index in [4.69, 9.17) is 11.6 Å². The van der Waals surface area contributed by atoms with Crippen LogP contribution in [-0.2, 0) is 6.42 Å². The van der Waals surface area contributed by atoms with Crippen molar-refractivity contribution in [3.8, 4) is 0 Å². The van der Waals surface area contributed by atoms with Gasteiger partial charge in [0, 0.05) is 5.88 Å². The Labute approximate surface area is 73.2 Å².